The third kappa shape index (κ3) is 7.65. The van der Waals surface area contributed by atoms with Crippen LogP contribution in [0, 0.1) is 12.0 Å². The van der Waals surface area contributed by atoms with Gasteiger partial charge in [0.25, 0.3) is 11.8 Å². The highest BCUT2D eigenvalue weighted by atomic mass is 16.5. The molecule has 1 heterocycles. The third-order valence-electron chi connectivity index (χ3n) is 5.42. The highest BCUT2D eigenvalue weighted by Gasteiger charge is 2.12. The summed E-state index contributed by atoms with van der Waals surface area (Å²) in [4.78, 5) is 28.5. The van der Waals surface area contributed by atoms with Crippen LogP contribution in [0.4, 0.5) is 0 Å². The maximum absolute atomic E-state index is 12.4. The Morgan fingerprint density at radius 2 is 1.79 bits per heavy atom. The van der Waals surface area contributed by atoms with Gasteiger partial charge in [-0.05, 0) is 80.5 Å². The maximum Gasteiger partial charge on any atom is 0.258 e. The molecule has 2 amide bonds. The quantitative estimate of drug-likeness (QED) is 0.459. The van der Waals surface area contributed by atoms with Gasteiger partial charge in [-0.3, -0.25) is 14.5 Å². The molecule has 0 saturated carbocycles. The predicted octanol–water partition coefficient (Wildman–Crippen LogP) is 3.82. The molecule has 3 rings (SSSR count). The Morgan fingerprint density at radius 1 is 1.06 bits per heavy atom. The van der Waals surface area contributed by atoms with Crippen molar-refractivity contribution in [1.29, 1.82) is 0 Å². The number of carbonyl (C=O) groups excluding carboxylic acids is 2. The van der Waals surface area contributed by atoms with Gasteiger partial charge in [-0.15, -0.1) is 0 Å². The van der Waals surface area contributed by atoms with Crippen molar-refractivity contribution in [2.24, 2.45) is 0 Å². The van der Waals surface area contributed by atoms with Gasteiger partial charge in [0.2, 0.25) is 0 Å². The summed E-state index contributed by atoms with van der Waals surface area (Å²) in [6.45, 7) is 8.25. The summed E-state index contributed by atoms with van der Waals surface area (Å²) < 4.78 is 5.89. The first-order valence-electron chi connectivity index (χ1n) is 11.6. The molecule has 1 N–H and O–H groups in total. The largest absolute Gasteiger partial charge is 0.458 e. The van der Waals surface area contributed by atoms with Gasteiger partial charge in [-0.25, -0.2) is 0 Å². The maximum atomic E-state index is 12.4. The number of benzene rings is 2. The van der Waals surface area contributed by atoms with Gasteiger partial charge in [0.15, 0.2) is 0 Å². The van der Waals surface area contributed by atoms with Gasteiger partial charge >= 0.3 is 0 Å². The molecule has 0 aromatic heterocycles. The molecule has 0 fully saturated rings. The van der Waals surface area contributed by atoms with Gasteiger partial charge in [0.05, 0.1) is 6.54 Å². The summed E-state index contributed by atoms with van der Waals surface area (Å²) in [5, 5.41) is 2.96. The van der Waals surface area contributed by atoms with Crippen LogP contribution in [0.3, 0.4) is 0 Å². The average Bonchev–Trinajstić information content (AvgIpc) is 3.04. The number of nitrogens with zero attached hydrogens (tertiary/aromatic N) is 2. The molecule has 0 radical (unpaired) electrons. The first kappa shape index (κ1) is 24.8. The molecule has 0 aliphatic carbocycles. The van der Waals surface area contributed by atoms with Gasteiger partial charge in [0.1, 0.15) is 11.5 Å². The number of amides is 2. The molecule has 0 unspecified atom stereocenters. The molecule has 2 aromatic rings. The zero-order valence-corrected chi connectivity index (χ0v) is 19.8. The topological polar surface area (TPSA) is 61.9 Å². The average molecular weight is 458 g/mol. The summed E-state index contributed by atoms with van der Waals surface area (Å²) in [6, 6.07) is 19.4. The van der Waals surface area contributed by atoms with Crippen LogP contribution in [-0.2, 0) is 4.79 Å². The van der Waals surface area contributed by atoms with E-state index < -0.39 is 0 Å². The number of nitrogens with one attached hydrogen (secondary N) is 1. The second-order valence-corrected chi connectivity index (χ2v) is 7.75. The second-order valence-electron chi connectivity index (χ2n) is 7.75. The van der Waals surface area contributed by atoms with Crippen molar-refractivity contribution in [2.45, 2.75) is 20.3 Å². The lowest BCUT2D eigenvalue weighted by atomic mass is 10.2. The molecule has 6 nitrogen and oxygen atoms in total. The molecule has 1 aliphatic rings. The number of rotatable bonds is 9. The van der Waals surface area contributed by atoms with Crippen LogP contribution in [0.2, 0.25) is 0 Å². The fourth-order valence-electron chi connectivity index (χ4n) is 3.37. The van der Waals surface area contributed by atoms with Crippen molar-refractivity contribution in [3.63, 3.8) is 0 Å². The Labute approximate surface area is 201 Å². The monoisotopic (exact) mass is 457 g/mol. The fraction of sp³-hybridized carbons (Fsp3) is 0.286. The lowest BCUT2D eigenvalue weighted by molar-refractivity contribution is -0.122. The van der Waals surface area contributed by atoms with Crippen molar-refractivity contribution in [3.8, 4) is 17.7 Å². The summed E-state index contributed by atoms with van der Waals surface area (Å²) >= 11 is 0. The third-order valence-corrected chi connectivity index (χ3v) is 5.42. The Morgan fingerprint density at radius 3 is 2.50 bits per heavy atom. The molecular formula is C28H31N3O3. The Kier molecular flexibility index (Phi) is 9.51. The molecule has 6 heteroatoms. The van der Waals surface area contributed by atoms with Crippen LogP contribution in [0.15, 0.2) is 78.6 Å². The van der Waals surface area contributed by atoms with E-state index in [4.69, 9.17) is 4.74 Å². The first-order chi connectivity index (χ1) is 16.6. The minimum absolute atomic E-state index is 0.0992. The van der Waals surface area contributed by atoms with Crippen molar-refractivity contribution in [1.82, 2.24) is 15.1 Å². The second kappa shape index (κ2) is 13.0. The van der Waals surface area contributed by atoms with Gasteiger partial charge in [-0.2, -0.15) is 0 Å². The first-order valence-corrected chi connectivity index (χ1v) is 11.6. The van der Waals surface area contributed by atoms with Gasteiger partial charge in [0, 0.05) is 29.8 Å². The molecule has 176 valence electrons. The number of carbonyl (C=O) groups is 2. The van der Waals surface area contributed by atoms with Crippen LogP contribution >= 0.6 is 0 Å². The van der Waals surface area contributed by atoms with Gasteiger partial charge in [-0.1, -0.05) is 32.0 Å². The summed E-state index contributed by atoms with van der Waals surface area (Å²) in [6.07, 6.45) is 5.79. The molecule has 0 atom stereocenters. The van der Waals surface area contributed by atoms with Crippen molar-refractivity contribution in [3.05, 3.63) is 89.7 Å². The van der Waals surface area contributed by atoms with E-state index in [9.17, 15) is 9.59 Å². The van der Waals surface area contributed by atoms with Crippen LogP contribution in [-0.4, -0.2) is 54.3 Å². The van der Waals surface area contributed by atoms with Crippen LogP contribution in [0.5, 0.6) is 5.75 Å². The van der Waals surface area contributed by atoms with E-state index in [0.717, 1.165) is 31.6 Å². The van der Waals surface area contributed by atoms with Crippen LogP contribution in [0.1, 0.15) is 36.2 Å². The van der Waals surface area contributed by atoms with E-state index in [0.29, 0.717) is 30.2 Å². The summed E-state index contributed by atoms with van der Waals surface area (Å²) in [5.74, 6) is 3.83. The molecule has 1 aliphatic heterocycles. The van der Waals surface area contributed by atoms with Gasteiger partial charge < -0.3 is 15.0 Å². The van der Waals surface area contributed by atoms with E-state index in [2.05, 4.69) is 36.0 Å². The number of allylic oxidation sites excluding steroid dienone is 1. The van der Waals surface area contributed by atoms with E-state index in [-0.39, 0.29) is 11.8 Å². The minimum Gasteiger partial charge on any atom is -0.458 e. The highest BCUT2D eigenvalue weighted by molar-refractivity contribution is 5.94. The lowest BCUT2D eigenvalue weighted by Gasteiger charge is -2.17. The highest BCUT2D eigenvalue weighted by Crippen LogP contribution is 2.17. The zero-order chi connectivity index (χ0) is 24.2. The van der Waals surface area contributed by atoms with E-state index >= 15 is 0 Å². The lowest BCUT2D eigenvalue weighted by Crippen LogP contribution is -2.29. The van der Waals surface area contributed by atoms with E-state index in [1.165, 1.54) is 11.0 Å². The molecular weight excluding hydrogens is 426 g/mol. The number of hydrogen-bond donors (Lipinski definition) is 1. The SMILES string of the molecule is CCN(CC)CCCNC(=O)c1ccc(OC2=CCN(C#Cc3ccccc3)C(=O)C=C2)cc1. The normalized spacial score (nSPS) is 13.1. The van der Waals surface area contributed by atoms with E-state index in [1.54, 1.807) is 36.4 Å². The van der Waals surface area contributed by atoms with Crippen LogP contribution in [0.25, 0.3) is 0 Å². The number of hydrogen-bond acceptors (Lipinski definition) is 4. The zero-order valence-electron chi connectivity index (χ0n) is 19.8. The van der Waals surface area contributed by atoms with Crippen LogP contribution < -0.4 is 10.1 Å². The standard InChI is InChI=1S/C28H31N3O3/c1-3-30(4-2)20-8-19-29-28(33)24-11-13-25(14-12-24)34-26-15-16-27(32)31(22-18-26)21-17-23-9-6-5-7-10-23/h5-7,9-16,18H,3-4,8,19-20,22H2,1-2H3,(H,29,33). The molecule has 0 spiro atoms. The molecule has 34 heavy (non-hydrogen) atoms. The summed E-state index contributed by atoms with van der Waals surface area (Å²) in [5.41, 5.74) is 1.43. The molecule has 2 aromatic carbocycles. The van der Waals surface area contributed by atoms with E-state index in [1.807, 2.05) is 30.3 Å². The van der Waals surface area contributed by atoms with Crippen molar-refractivity contribution >= 4 is 11.8 Å². The van der Waals surface area contributed by atoms with Crippen molar-refractivity contribution in [2.75, 3.05) is 32.7 Å². The Hall–Kier alpha value is -3.82. The Balaban J connectivity index is 1.52. The fourth-order valence-corrected chi connectivity index (χ4v) is 3.37. The molecule has 0 bridgehead atoms. The smallest absolute Gasteiger partial charge is 0.258 e. The van der Waals surface area contributed by atoms with Crippen molar-refractivity contribution < 1.29 is 14.3 Å². The Bertz CT molecular complexity index is 1080. The number of ether oxygens (including phenoxy) is 1. The molecule has 0 saturated heterocycles. The predicted molar refractivity (Wildman–Crippen MR) is 134 cm³/mol. The minimum atomic E-state index is -0.203. The summed E-state index contributed by atoms with van der Waals surface area (Å²) in [7, 11) is 0.